The van der Waals surface area contributed by atoms with Crippen LogP contribution in [0.2, 0.25) is 0 Å². The largest absolute Gasteiger partial charge is 0.480 e. The van der Waals surface area contributed by atoms with Crippen molar-refractivity contribution in [3.05, 3.63) is 0 Å². The lowest BCUT2D eigenvalue weighted by Crippen LogP contribution is -2.40. The number of carbonyl (C=O) groups excluding carboxylic acids is 1. The number of carbonyl (C=O) groups is 3. The van der Waals surface area contributed by atoms with Crippen molar-refractivity contribution < 1.29 is 34.1 Å². The Morgan fingerprint density at radius 2 is 1.61 bits per heavy atom. The number of ether oxygens (including phenoxy) is 2. The van der Waals surface area contributed by atoms with Gasteiger partial charge < -0.3 is 19.7 Å². The maximum absolute atomic E-state index is 11.3. The van der Waals surface area contributed by atoms with Gasteiger partial charge in [0.05, 0.1) is 0 Å². The molecule has 2 N–H and O–H groups in total. The molecule has 2 aliphatic rings. The number of hydrogen-bond acceptors (Lipinski definition) is 6. The Morgan fingerprint density at radius 1 is 1.04 bits per heavy atom. The van der Waals surface area contributed by atoms with Gasteiger partial charge in [0, 0.05) is 13.7 Å². The quantitative estimate of drug-likeness (QED) is 0.712. The van der Waals surface area contributed by atoms with Gasteiger partial charge in [-0.3, -0.25) is 14.6 Å². The van der Waals surface area contributed by atoms with Crippen LogP contribution < -0.4 is 0 Å². The zero-order valence-corrected chi connectivity index (χ0v) is 13.4. The lowest BCUT2D eigenvalue weighted by molar-refractivity contribution is -0.142. The Labute approximate surface area is 134 Å². The number of amides is 1. The predicted octanol–water partition coefficient (Wildman–Crippen LogP) is 0.441. The van der Waals surface area contributed by atoms with Crippen LogP contribution in [0, 0.1) is 0 Å². The molecule has 23 heavy (non-hydrogen) atoms. The number of hydrogen-bond donors (Lipinski definition) is 2. The second-order valence-electron chi connectivity index (χ2n) is 5.48. The number of carboxylic acids is 2. The highest BCUT2D eigenvalue weighted by atomic mass is 16.7. The van der Waals surface area contributed by atoms with E-state index in [2.05, 4.69) is 9.47 Å². The maximum Gasteiger partial charge on any atom is 0.412 e. The van der Waals surface area contributed by atoms with E-state index >= 15 is 0 Å². The third-order valence-corrected chi connectivity index (χ3v) is 3.88. The smallest absolute Gasteiger partial charge is 0.412 e. The van der Waals surface area contributed by atoms with Gasteiger partial charge in [-0.05, 0) is 39.3 Å². The van der Waals surface area contributed by atoms with E-state index < -0.39 is 24.1 Å². The summed E-state index contributed by atoms with van der Waals surface area (Å²) in [4.78, 5) is 35.4. The fraction of sp³-hybridized carbons (Fsp3) is 0.786. The van der Waals surface area contributed by atoms with Crippen molar-refractivity contribution in [1.29, 1.82) is 0 Å². The van der Waals surface area contributed by atoms with Crippen molar-refractivity contribution >= 4 is 18.0 Å². The molecule has 0 bridgehead atoms. The minimum Gasteiger partial charge on any atom is -0.480 e. The molecular weight excluding hydrogens is 308 g/mol. The molecule has 0 aromatic rings. The summed E-state index contributed by atoms with van der Waals surface area (Å²) in [7, 11) is 3.25. The van der Waals surface area contributed by atoms with Crippen LogP contribution in [0.15, 0.2) is 0 Å². The summed E-state index contributed by atoms with van der Waals surface area (Å²) in [5, 5.41) is 17.3. The summed E-state index contributed by atoms with van der Waals surface area (Å²) in [5.74, 6) is -1.67. The monoisotopic (exact) mass is 332 g/mol. The Kier molecular flexibility index (Phi) is 7.76. The third kappa shape index (κ3) is 5.68. The SMILES string of the molecule is CN1CCCC1C(=O)O.COCOC(=O)N1CCCC1C(=O)O. The molecule has 9 nitrogen and oxygen atoms in total. The normalized spacial score (nSPS) is 24.0. The number of carboxylic acid groups (broad SMARTS) is 2. The molecule has 0 aromatic heterocycles. The summed E-state index contributed by atoms with van der Waals surface area (Å²) < 4.78 is 9.21. The fourth-order valence-electron chi connectivity index (χ4n) is 2.66. The molecule has 1 amide bonds. The second-order valence-corrected chi connectivity index (χ2v) is 5.48. The first-order valence-corrected chi connectivity index (χ1v) is 7.46. The Balaban J connectivity index is 0.000000253. The average molecular weight is 332 g/mol. The minimum absolute atomic E-state index is 0.151. The van der Waals surface area contributed by atoms with Crippen molar-refractivity contribution in [2.45, 2.75) is 37.8 Å². The highest BCUT2D eigenvalue weighted by molar-refractivity contribution is 5.80. The minimum atomic E-state index is -0.989. The lowest BCUT2D eigenvalue weighted by Gasteiger charge is -2.20. The Bertz CT molecular complexity index is 429. The summed E-state index contributed by atoms with van der Waals surface area (Å²) in [6.45, 7) is 1.21. The summed E-state index contributed by atoms with van der Waals surface area (Å²) in [6, 6.07) is -0.968. The van der Waals surface area contributed by atoms with E-state index in [-0.39, 0.29) is 12.8 Å². The molecule has 2 rings (SSSR count). The van der Waals surface area contributed by atoms with Gasteiger partial charge in [0.2, 0.25) is 0 Å². The highest BCUT2D eigenvalue weighted by Crippen LogP contribution is 2.18. The highest BCUT2D eigenvalue weighted by Gasteiger charge is 2.34. The summed E-state index contributed by atoms with van der Waals surface area (Å²) in [6.07, 6.45) is 2.38. The fourth-order valence-corrected chi connectivity index (χ4v) is 2.66. The average Bonchev–Trinajstić information content (AvgIpc) is 3.13. The first-order chi connectivity index (χ1) is 10.9. The molecule has 2 heterocycles. The van der Waals surface area contributed by atoms with Crippen molar-refractivity contribution in [1.82, 2.24) is 9.80 Å². The molecule has 2 atom stereocenters. The molecule has 2 saturated heterocycles. The van der Waals surface area contributed by atoms with E-state index in [9.17, 15) is 14.4 Å². The van der Waals surface area contributed by atoms with Crippen molar-refractivity contribution in [3.63, 3.8) is 0 Å². The van der Waals surface area contributed by atoms with Crippen molar-refractivity contribution in [2.75, 3.05) is 34.0 Å². The molecule has 2 aliphatic heterocycles. The number of nitrogens with zero attached hydrogens (tertiary/aromatic N) is 2. The number of methoxy groups -OCH3 is 1. The van der Waals surface area contributed by atoms with Gasteiger partial charge in [0.25, 0.3) is 0 Å². The van der Waals surface area contributed by atoms with Crippen LogP contribution in [0.5, 0.6) is 0 Å². The van der Waals surface area contributed by atoms with Crippen LogP contribution in [0.25, 0.3) is 0 Å². The summed E-state index contributed by atoms with van der Waals surface area (Å²) in [5.41, 5.74) is 0. The lowest BCUT2D eigenvalue weighted by atomic mass is 10.2. The van der Waals surface area contributed by atoms with Gasteiger partial charge in [-0.15, -0.1) is 0 Å². The van der Waals surface area contributed by atoms with Gasteiger partial charge in [-0.2, -0.15) is 0 Å². The van der Waals surface area contributed by atoms with E-state index in [0.717, 1.165) is 19.4 Å². The van der Waals surface area contributed by atoms with Gasteiger partial charge in [0.1, 0.15) is 12.1 Å². The Morgan fingerprint density at radius 3 is 2.04 bits per heavy atom. The molecule has 0 aliphatic carbocycles. The molecule has 132 valence electrons. The maximum atomic E-state index is 11.3. The molecule has 0 saturated carbocycles. The first-order valence-electron chi connectivity index (χ1n) is 7.46. The number of likely N-dealkylation sites (N-methyl/N-ethyl adjacent to an activating group) is 1. The van der Waals surface area contributed by atoms with Crippen LogP contribution in [-0.4, -0.2) is 84.2 Å². The van der Waals surface area contributed by atoms with Gasteiger partial charge >= 0.3 is 18.0 Å². The van der Waals surface area contributed by atoms with Crippen LogP contribution in [0.3, 0.4) is 0 Å². The van der Waals surface area contributed by atoms with Gasteiger partial charge in [0.15, 0.2) is 6.79 Å². The van der Waals surface area contributed by atoms with Crippen molar-refractivity contribution in [3.8, 4) is 0 Å². The molecule has 0 aromatic carbocycles. The molecule has 9 heteroatoms. The van der Waals surface area contributed by atoms with Crippen LogP contribution in [0.4, 0.5) is 4.79 Å². The van der Waals surface area contributed by atoms with E-state index in [0.29, 0.717) is 19.4 Å². The van der Waals surface area contributed by atoms with Crippen LogP contribution in [0.1, 0.15) is 25.7 Å². The first kappa shape index (κ1) is 19.2. The standard InChI is InChI=1S/C8H13NO5.C6H11NO2/c1-13-5-14-8(12)9-4-2-3-6(9)7(10)11;1-7-4-2-3-5(7)6(8)9/h6H,2-5H2,1H3,(H,10,11);5H,2-4H2,1H3,(H,8,9). The van der Waals surface area contributed by atoms with Crippen LogP contribution >= 0.6 is 0 Å². The molecule has 0 radical (unpaired) electrons. The van der Waals surface area contributed by atoms with Crippen molar-refractivity contribution in [2.24, 2.45) is 0 Å². The number of likely N-dealkylation sites (tertiary alicyclic amines) is 2. The molecule has 0 spiro atoms. The molecular formula is C14H24N2O7. The van der Waals surface area contributed by atoms with Crippen LogP contribution in [-0.2, 0) is 19.1 Å². The third-order valence-electron chi connectivity index (χ3n) is 3.88. The number of rotatable bonds is 4. The van der Waals surface area contributed by atoms with Gasteiger partial charge in [-0.25, -0.2) is 9.59 Å². The zero-order chi connectivity index (χ0) is 17.4. The Hall–Kier alpha value is -1.87. The van der Waals surface area contributed by atoms with E-state index in [1.54, 1.807) is 0 Å². The molecule has 2 fully saturated rings. The molecule has 2 unspecified atom stereocenters. The predicted molar refractivity (Wildman–Crippen MR) is 79.0 cm³/mol. The summed E-state index contributed by atoms with van der Waals surface area (Å²) >= 11 is 0. The second kappa shape index (κ2) is 9.31. The van der Waals surface area contributed by atoms with E-state index in [1.807, 2.05) is 11.9 Å². The number of aliphatic carboxylic acids is 2. The van der Waals surface area contributed by atoms with Gasteiger partial charge in [-0.1, -0.05) is 0 Å². The van der Waals surface area contributed by atoms with E-state index in [1.165, 1.54) is 12.0 Å². The van der Waals surface area contributed by atoms with E-state index in [4.69, 9.17) is 10.2 Å². The topological polar surface area (TPSA) is 117 Å². The zero-order valence-electron chi connectivity index (χ0n) is 13.4.